The maximum absolute atomic E-state index is 6.11. The van der Waals surface area contributed by atoms with E-state index in [0.29, 0.717) is 5.92 Å². The number of aryl methyl sites for hydroxylation is 1. The third-order valence-corrected chi connectivity index (χ3v) is 5.19. The first-order valence-electron chi connectivity index (χ1n) is 8.48. The Morgan fingerprint density at radius 2 is 1.54 bits per heavy atom. The standard InChI is InChI=1S/C22H19NO/c1-13(2)14-8-6-9-16-20(14)22-17(23(16)3)11-12-19-21(22)15-7-4-5-10-18(15)24-19/h4-13H,1-3H3. The van der Waals surface area contributed by atoms with E-state index >= 15 is 0 Å². The van der Waals surface area contributed by atoms with Crippen molar-refractivity contribution in [3.63, 3.8) is 0 Å². The van der Waals surface area contributed by atoms with Gasteiger partial charge in [0.2, 0.25) is 0 Å². The first-order valence-corrected chi connectivity index (χ1v) is 8.48. The number of rotatable bonds is 1. The predicted octanol–water partition coefficient (Wildman–Crippen LogP) is 6.35. The normalized spacial score (nSPS) is 12.3. The number of benzene rings is 3. The molecular formula is C22H19NO. The van der Waals surface area contributed by atoms with Crippen molar-refractivity contribution < 1.29 is 4.42 Å². The van der Waals surface area contributed by atoms with Crippen molar-refractivity contribution in [2.75, 3.05) is 0 Å². The van der Waals surface area contributed by atoms with Gasteiger partial charge in [0.1, 0.15) is 11.2 Å². The molecule has 118 valence electrons. The number of nitrogens with zero attached hydrogens (tertiary/aromatic N) is 1. The van der Waals surface area contributed by atoms with Crippen molar-refractivity contribution in [2.45, 2.75) is 19.8 Å². The topological polar surface area (TPSA) is 18.1 Å². The van der Waals surface area contributed by atoms with Crippen LogP contribution in [0.5, 0.6) is 0 Å². The van der Waals surface area contributed by atoms with Crippen LogP contribution >= 0.6 is 0 Å². The molecule has 0 saturated carbocycles. The number of para-hydroxylation sites is 1. The highest BCUT2D eigenvalue weighted by Gasteiger charge is 2.18. The lowest BCUT2D eigenvalue weighted by Gasteiger charge is -2.08. The van der Waals surface area contributed by atoms with E-state index in [2.05, 4.69) is 74.0 Å². The average Bonchev–Trinajstić information content (AvgIpc) is 3.10. The van der Waals surface area contributed by atoms with E-state index in [4.69, 9.17) is 4.42 Å². The third-order valence-electron chi connectivity index (χ3n) is 5.19. The van der Waals surface area contributed by atoms with Crippen molar-refractivity contribution >= 4 is 43.7 Å². The van der Waals surface area contributed by atoms with Gasteiger partial charge in [0.05, 0.1) is 0 Å². The molecule has 0 aliphatic carbocycles. The Hall–Kier alpha value is -2.74. The molecule has 2 heteroatoms. The summed E-state index contributed by atoms with van der Waals surface area (Å²) in [6.45, 7) is 4.53. The summed E-state index contributed by atoms with van der Waals surface area (Å²) < 4.78 is 8.41. The van der Waals surface area contributed by atoms with Crippen LogP contribution in [0.3, 0.4) is 0 Å². The van der Waals surface area contributed by atoms with E-state index in [1.54, 1.807) is 0 Å². The molecule has 0 aliphatic rings. The molecule has 0 saturated heterocycles. The van der Waals surface area contributed by atoms with E-state index in [1.165, 1.54) is 38.1 Å². The zero-order valence-electron chi connectivity index (χ0n) is 14.1. The second kappa shape index (κ2) is 4.64. The monoisotopic (exact) mass is 313 g/mol. The highest BCUT2D eigenvalue weighted by molar-refractivity contribution is 6.27. The van der Waals surface area contributed by atoms with Crippen LogP contribution in [0.15, 0.2) is 59.0 Å². The molecule has 0 atom stereocenters. The van der Waals surface area contributed by atoms with E-state index in [-0.39, 0.29) is 0 Å². The summed E-state index contributed by atoms with van der Waals surface area (Å²) in [7, 11) is 2.16. The Balaban J connectivity index is 2.16. The summed E-state index contributed by atoms with van der Waals surface area (Å²) in [5.74, 6) is 0.479. The van der Waals surface area contributed by atoms with Crippen LogP contribution in [0.1, 0.15) is 25.3 Å². The lowest BCUT2D eigenvalue weighted by atomic mass is 9.95. The van der Waals surface area contributed by atoms with Crippen LogP contribution < -0.4 is 0 Å². The molecule has 2 heterocycles. The lowest BCUT2D eigenvalue weighted by Crippen LogP contribution is -1.89. The minimum Gasteiger partial charge on any atom is -0.456 e. The summed E-state index contributed by atoms with van der Waals surface area (Å²) in [6.07, 6.45) is 0. The number of fused-ring (bicyclic) bond motifs is 7. The molecule has 0 N–H and O–H groups in total. The fourth-order valence-corrected chi connectivity index (χ4v) is 4.06. The molecule has 3 aromatic carbocycles. The molecule has 0 radical (unpaired) electrons. The quantitative estimate of drug-likeness (QED) is 0.352. The SMILES string of the molecule is CC(C)c1cccc2c1c1c3c(ccc1n2C)oc1ccccc13. The van der Waals surface area contributed by atoms with Gasteiger partial charge in [0.25, 0.3) is 0 Å². The molecule has 24 heavy (non-hydrogen) atoms. The summed E-state index contributed by atoms with van der Waals surface area (Å²) in [5, 5.41) is 5.12. The zero-order chi connectivity index (χ0) is 16.4. The number of furan rings is 1. The highest BCUT2D eigenvalue weighted by Crippen LogP contribution is 2.41. The highest BCUT2D eigenvalue weighted by atomic mass is 16.3. The van der Waals surface area contributed by atoms with Gasteiger partial charge < -0.3 is 8.98 Å². The second-order valence-electron chi connectivity index (χ2n) is 6.89. The summed E-state index contributed by atoms with van der Waals surface area (Å²) in [5.41, 5.74) is 5.87. The molecule has 2 nitrogen and oxygen atoms in total. The van der Waals surface area contributed by atoms with E-state index in [0.717, 1.165) is 11.2 Å². The summed E-state index contributed by atoms with van der Waals surface area (Å²) in [4.78, 5) is 0. The second-order valence-corrected chi connectivity index (χ2v) is 6.89. The molecule has 5 rings (SSSR count). The van der Waals surface area contributed by atoms with Crippen molar-refractivity contribution in [3.05, 3.63) is 60.2 Å². The van der Waals surface area contributed by atoms with Gasteiger partial charge in [0.15, 0.2) is 0 Å². The van der Waals surface area contributed by atoms with Crippen LogP contribution in [-0.2, 0) is 7.05 Å². The number of hydrogen-bond acceptors (Lipinski definition) is 1. The molecule has 2 aromatic heterocycles. The van der Waals surface area contributed by atoms with Crippen LogP contribution in [0.25, 0.3) is 43.7 Å². The van der Waals surface area contributed by atoms with Gasteiger partial charge in [-0.15, -0.1) is 0 Å². The van der Waals surface area contributed by atoms with Crippen LogP contribution in [-0.4, -0.2) is 4.57 Å². The Bertz CT molecular complexity index is 1240. The third kappa shape index (κ3) is 1.60. The number of aromatic nitrogens is 1. The van der Waals surface area contributed by atoms with Crippen LogP contribution in [0.2, 0.25) is 0 Å². The van der Waals surface area contributed by atoms with Crippen LogP contribution in [0.4, 0.5) is 0 Å². The van der Waals surface area contributed by atoms with E-state index in [9.17, 15) is 0 Å². The van der Waals surface area contributed by atoms with Crippen LogP contribution in [0, 0.1) is 0 Å². The first kappa shape index (κ1) is 13.7. The van der Waals surface area contributed by atoms with E-state index in [1.807, 2.05) is 6.07 Å². The lowest BCUT2D eigenvalue weighted by molar-refractivity contribution is 0.669. The molecule has 0 bridgehead atoms. The minimum absolute atomic E-state index is 0.479. The maximum atomic E-state index is 6.11. The minimum atomic E-state index is 0.479. The van der Waals surface area contributed by atoms with Crippen molar-refractivity contribution in [1.82, 2.24) is 4.57 Å². The smallest absolute Gasteiger partial charge is 0.136 e. The fraction of sp³-hybridized carbons (Fsp3) is 0.182. The van der Waals surface area contributed by atoms with Crippen molar-refractivity contribution in [2.24, 2.45) is 7.05 Å². The Morgan fingerprint density at radius 1 is 0.750 bits per heavy atom. The van der Waals surface area contributed by atoms with Gasteiger partial charge >= 0.3 is 0 Å². The fourth-order valence-electron chi connectivity index (χ4n) is 4.06. The Kier molecular flexibility index (Phi) is 2.64. The molecular weight excluding hydrogens is 294 g/mol. The Labute approximate surface area is 140 Å². The van der Waals surface area contributed by atoms with Crippen molar-refractivity contribution in [3.8, 4) is 0 Å². The summed E-state index contributed by atoms with van der Waals surface area (Å²) in [6, 6.07) is 19.3. The Morgan fingerprint density at radius 3 is 2.38 bits per heavy atom. The first-order chi connectivity index (χ1) is 11.7. The average molecular weight is 313 g/mol. The zero-order valence-corrected chi connectivity index (χ0v) is 14.1. The maximum Gasteiger partial charge on any atom is 0.136 e. The molecule has 0 aliphatic heterocycles. The van der Waals surface area contributed by atoms with Gasteiger partial charge in [-0.05, 0) is 35.7 Å². The van der Waals surface area contributed by atoms with Gasteiger partial charge in [-0.3, -0.25) is 0 Å². The van der Waals surface area contributed by atoms with Crippen molar-refractivity contribution in [1.29, 1.82) is 0 Å². The number of hydrogen-bond donors (Lipinski definition) is 0. The predicted molar refractivity (Wildman–Crippen MR) is 102 cm³/mol. The largest absolute Gasteiger partial charge is 0.456 e. The van der Waals surface area contributed by atoms with Gasteiger partial charge in [-0.25, -0.2) is 0 Å². The molecule has 0 fully saturated rings. The molecule has 0 spiro atoms. The molecule has 0 unspecified atom stereocenters. The van der Waals surface area contributed by atoms with E-state index < -0.39 is 0 Å². The summed E-state index contributed by atoms with van der Waals surface area (Å²) >= 11 is 0. The van der Waals surface area contributed by atoms with Gasteiger partial charge in [0, 0.05) is 39.6 Å². The molecule has 0 amide bonds. The van der Waals surface area contributed by atoms with Gasteiger partial charge in [-0.2, -0.15) is 0 Å². The van der Waals surface area contributed by atoms with Gasteiger partial charge in [-0.1, -0.05) is 44.2 Å². The molecule has 5 aromatic rings.